The van der Waals surface area contributed by atoms with Crippen LogP contribution in [-0.2, 0) is 0 Å². The molecule has 1 aliphatic rings. The largest absolute Gasteiger partial charge is 0.463 e. The second-order valence-corrected chi connectivity index (χ2v) is 4.62. The molecule has 6 heteroatoms. The predicted octanol–water partition coefficient (Wildman–Crippen LogP) is 1.27. The summed E-state index contributed by atoms with van der Waals surface area (Å²) in [5.74, 6) is 0.497. The number of aliphatic hydroxyl groups excluding tert-OH is 1. The monoisotopic (exact) mass is 261 g/mol. The second-order valence-electron chi connectivity index (χ2n) is 4.62. The number of aliphatic hydroxyl groups is 1. The van der Waals surface area contributed by atoms with Crippen LogP contribution in [0.2, 0.25) is 0 Å². The lowest BCUT2D eigenvalue weighted by molar-refractivity contribution is 0.0671. The number of H-pyrrole nitrogens is 1. The van der Waals surface area contributed by atoms with E-state index >= 15 is 0 Å². The smallest absolute Gasteiger partial charge is 0.274 e. The van der Waals surface area contributed by atoms with Crippen molar-refractivity contribution in [3.63, 3.8) is 0 Å². The first-order valence-corrected chi connectivity index (χ1v) is 6.30. The van der Waals surface area contributed by atoms with Gasteiger partial charge in [0.1, 0.15) is 5.69 Å². The first-order chi connectivity index (χ1) is 9.29. The van der Waals surface area contributed by atoms with Gasteiger partial charge in [0.25, 0.3) is 5.91 Å². The molecule has 2 aromatic heterocycles. The highest BCUT2D eigenvalue weighted by atomic mass is 16.3. The molecule has 3 heterocycles. The molecule has 1 saturated heterocycles. The lowest BCUT2D eigenvalue weighted by Gasteiger charge is -2.21. The van der Waals surface area contributed by atoms with Crippen LogP contribution in [0.15, 0.2) is 28.9 Å². The first-order valence-electron chi connectivity index (χ1n) is 6.30. The molecule has 19 heavy (non-hydrogen) atoms. The fourth-order valence-electron chi connectivity index (χ4n) is 2.43. The van der Waals surface area contributed by atoms with E-state index < -0.39 is 0 Å². The molecule has 0 saturated carbocycles. The van der Waals surface area contributed by atoms with Gasteiger partial charge in [-0.2, -0.15) is 5.10 Å². The summed E-state index contributed by atoms with van der Waals surface area (Å²) in [4.78, 5) is 14.0. The summed E-state index contributed by atoms with van der Waals surface area (Å²) in [6.45, 7) is 0.675. The molecule has 1 fully saturated rings. The van der Waals surface area contributed by atoms with Gasteiger partial charge in [0.05, 0.1) is 18.9 Å². The Hall–Kier alpha value is -2.08. The van der Waals surface area contributed by atoms with Gasteiger partial charge in [0.15, 0.2) is 11.5 Å². The summed E-state index contributed by atoms with van der Waals surface area (Å²) in [6, 6.07) is 5.17. The van der Waals surface area contributed by atoms with Gasteiger partial charge in [-0.15, -0.1) is 0 Å². The van der Waals surface area contributed by atoms with E-state index in [9.17, 15) is 9.90 Å². The van der Waals surface area contributed by atoms with Gasteiger partial charge < -0.3 is 14.4 Å². The number of aromatic amines is 1. The third kappa shape index (κ3) is 2.15. The number of likely N-dealkylation sites (tertiary alicyclic amines) is 1. The Bertz CT molecular complexity index is 561. The van der Waals surface area contributed by atoms with E-state index in [0.29, 0.717) is 23.7 Å². The number of nitrogens with zero attached hydrogens (tertiary/aromatic N) is 2. The zero-order valence-electron chi connectivity index (χ0n) is 10.4. The highest BCUT2D eigenvalue weighted by molar-refractivity contribution is 5.93. The summed E-state index contributed by atoms with van der Waals surface area (Å²) in [7, 11) is 0. The van der Waals surface area contributed by atoms with Crippen molar-refractivity contribution >= 4 is 5.91 Å². The van der Waals surface area contributed by atoms with Crippen molar-refractivity contribution in [3.05, 3.63) is 30.2 Å². The van der Waals surface area contributed by atoms with Gasteiger partial charge in [0.2, 0.25) is 0 Å². The van der Waals surface area contributed by atoms with E-state index in [-0.39, 0.29) is 18.6 Å². The number of carbonyl (C=O) groups is 1. The Morgan fingerprint density at radius 3 is 3.26 bits per heavy atom. The highest BCUT2D eigenvalue weighted by Gasteiger charge is 2.30. The topological polar surface area (TPSA) is 82.4 Å². The second kappa shape index (κ2) is 4.89. The summed E-state index contributed by atoms with van der Waals surface area (Å²) in [5.41, 5.74) is 1.03. The molecule has 6 nitrogen and oxygen atoms in total. The maximum absolute atomic E-state index is 12.3. The number of hydrogen-bond acceptors (Lipinski definition) is 4. The van der Waals surface area contributed by atoms with Crippen molar-refractivity contribution in [2.24, 2.45) is 0 Å². The van der Waals surface area contributed by atoms with E-state index in [1.54, 1.807) is 29.4 Å². The lowest BCUT2D eigenvalue weighted by atomic mass is 10.2. The number of rotatable bonds is 3. The minimum atomic E-state index is -0.148. The standard InChI is InChI=1S/C13H15N3O3/c17-8-9-3-1-5-16(9)13(18)11-7-10(14-15-11)12-4-2-6-19-12/h2,4,6-7,9,17H,1,3,5,8H2,(H,14,15)/t9-/m1/s1. The van der Waals surface area contributed by atoms with Crippen molar-refractivity contribution < 1.29 is 14.3 Å². The maximum Gasteiger partial charge on any atom is 0.274 e. The molecule has 0 aliphatic carbocycles. The minimum absolute atomic E-state index is 0.00119. The molecule has 2 N–H and O–H groups in total. The number of amides is 1. The van der Waals surface area contributed by atoms with E-state index in [1.807, 2.05) is 0 Å². The molecule has 0 unspecified atom stereocenters. The number of carbonyl (C=O) groups excluding carboxylic acids is 1. The molecule has 0 aromatic carbocycles. The van der Waals surface area contributed by atoms with Crippen LogP contribution < -0.4 is 0 Å². The fraction of sp³-hybridized carbons (Fsp3) is 0.385. The molecular formula is C13H15N3O3. The van der Waals surface area contributed by atoms with Gasteiger partial charge in [-0.3, -0.25) is 9.89 Å². The SMILES string of the molecule is O=C(c1cc(-c2ccco2)[nH]n1)N1CCC[C@@H]1CO. The maximum atomic E-state index is 12.3. The summed E-state index contributed by atoms with van der Waals surface area (Å²) in [6.07, 6.45) is 3.34. The van der Waals surface area contributed by atoms with Crippen LogP contribution in [0, 0.1) is 0 Å². The van der Waals surface area contributed by atoms with Crippen molar-refractivity contribution in [1.82, 2.24) is 15.1 Å². The number of aromatic nitrogens is 2. The average molecular weight is 261 g/mol. The van der Waals surface area contributed by atoms with Crippen LogP contribution in [0.25, 0.3) is 11.5 Å². The van der Waals surface area contributed by atoms with E-state index in [0.717, 1.165) is 12.8 Å². The Labute approximate surface area is 110 Å². The Kier molecular flexibility index (Phi) is 3.08. The van der Waals surface area contributed by atoms with Crippen molar-refractivity contribution in [2.45, 2.75) is 18.9 Å². The molecular weight excluding hydrogens is 246 g/mol. The van der Waals surface area contributed by atoms with E-state index in [2.05, 4.69) is 10.2 Å². The molecule has 1 amide bonds. The van der Waals surface area contributed by atoms with Crippen LogP contribution in [0.5, 0.6) is 0 Å². The van der Waals surface area contributed by atoms with E-state index in [1.165, 1.54) is 0 Å². The molecule has 100 valence electrons. The van der Waals surface area contributed by atoms with Crippen molar-refractivity contribution in [3.8, 4) is 11.5 Å². The van der Waals surface area contributed by atoms with Gasteiger partial charge in [-0.05, 0) is 25.0 Å². The third-order valence-corrected chi connectivity index (χ3v) is 3.43. The van der Waals surface area contributed by atoms with Gasteiger partial charge in [-0.25, -0.2) is 0 Å². The summed E-state index contributed by atoms with van der Waals surface area (Å²) in [5, 5.41) is 16.1. The molecule has 1 aliphatic heterocycles. The minimum Gasteiger partial charge on any atom is -0.463 e. The highest BCUT2D eigenvalue weighted by Crippen LogP contribution is 2.22. The summed E-state index contributed by atoms with van der Waals surface area (Å²) >= 11 is 0. The Balaban J connectivity index is 1.81. The van der Waals surface area contributed by atoms with Gasteiger partial charge in [0, 0.05) is 12.6 Å². The number of furan rings is 1. The van der Waals surface area contributed by atoms with Crippen LogP contribution >= 0.6 is 0 Å². The molecule has 0 radical (unpaired) electrons. The fourth-order valence-corrected chi connectivity index (χ4v) is 2.43. The van der Waals surface area contributed by atoms with Crippen LogP contribution in [0.4, 0.5) is 0 Å². The average Bonchev–Trinajstić information content (AvgIpc) is 3.16. The van der Waals surface area contributed by atoms with Gasteiger partial charge in [-0.1, -0.05) is 0 Å². The lowest BCUT2D eigenvalue weighted by Crippen LogP contribution is -2.37. The predicted molar refractivity (Wildman–Crippen MR) is 67.4 cm³/mol. The molecule has 1 atom stereocenters. The van der Waals surface area contributed by atoms with Crippen LogP contribution in [0.3, 0.4) is 0 Å². The number of nitrogens with one attached hydrogen (secondary N) is 1. The zero-order chi connectivity index (χ0) is 13.2. The molecule has 2 aromatic rings. The normalized spacial score (nSPS) is 19.0. The van der Waals surface area contributed by atoms with Crippen LogP contribution in [-0.4, -0.2) is 45.3 Å². The first kappa shape index (κ1) is 12.0. The molecule has 0 spiro atoms. The quantitative estimate of drug-likeness (QED) is 0.871. The van der Waals surface area contributed by atoms with Crippen molar-refractivity contribution in [2.75, 3.05) is 13.2 Å². The van der Waals surface area contributed by atoms with E-state index in [4.69, 9.17) is 4.42 Å². The molecule has 3 rings (SSSR count). The van der Waals surface area contributed by atoms with Crippen molar-refractivity contribution in [1.29, 1.82) is 0 Å². The zero-order valence-corrected chi connectivity index (χ0v) is 10.4. The summed E-state index contributed by atoms with van der Waals surface area (Å²) < 4.78 is 5.24. The third-order valence-electron chi connectivity index (χ3n) is 3.43. The van der Waals surface area contributed by atoms with Crippen LogP contribution in [0.1, 0.15) is 23.3 Å². The Morgan fingerprint density at radius 1 is 1.63 bits per heavy atom. The Morgan fingerprint density at radius 2 is 2.53 bits per heavy atom. The van der Waals surface area contributed by atoms with Gasteiger partial charge >= 0.3 is 0 Å². The number of hydrogen-bond donors (Lipinski definition) is 2. The molecule has 0 bridgehead atoms.